The quantitative estimate of drug-likeness (QED) is 0.740. The van der Waals surface area contributed by atoms with Crippen LogP contribution in [0.4, 0.5) is 0 Å². The van der Waals surface area contributed by atoms with Crippen molar-refractivity contribution in [2.24, 2.45) is 5.73 Å². The predicted octanol–water partition coefficient (Wildman–Crippen LogP) is 1.13. The van der Waals surface area contributed by atoms with Gasteiger partial charge in [-0.15, -0.1) is 0 Å². The highest BCUT2D eigenvalue weighted by atomic mass is 32.2. The summed E-state index contributed by atoms with van der Waals surface area (Å²) < 4.78 is 0. The predicted molar refractivity (Wildman–Crippen MR) is 61.4 cm³/mol. The third-order valence-electron chi connectivity index (χ3n) is 2.56. The van der Waals surface area contributed by atoms with Crippen molar-refractivity contribution in [3.8, 4) is 0 Å². The number of rotatable bonds is 4. The van der Waals surface area contributed by atoms with E-state index in [-0.39, 0.29) is 11.9 Å². The number of carbonyl (C=O) groups is 1. The molecule has 0 spiro atoms. The second kappa shape index (κ2) is 6.30. The fourth-order valence-electron chi connectivity index (χ4n) is 1.51. The van der Waals surface area contributed by atoms with E-state index in [9.17, 15) is 4.79 Å². The van der Waals surface area contributed by atoms with Gasteiger partial charge in [-0.1, -0.05) is 6.92 Å². The Kier molecular flexibility index (Phi) is 5.33. The SMILES string of the molecule is CCC(N)CC(=O)NC1CCSCC1. The van der Waals surface area contributed by atoms with Crippen molar-refractivity contribution in [3.63, 3.8) is 0 Å². The van der Waals surface area contributed by atoms with Crippen molar-refractivity contribution >= 4 is 17.7 Å². The topological polar surface area (TPSA) is 55.1 Å². The van der Waals surface area contributed by atoms with Gasteiger partial charge >= 0.3 is 0 Å². The summed E-state index contributed by atoms with van der Waals surface area (Å²) >= 11 is 1.97. The second-order valence-corrected chi connectivity index (χ2v) is 5.05. The number of hydrogen-bond acceptors (Lipinski definition) is 3. The van der Waals surface area contributed by atoms with Gasteiger partial charge in [-0.2, -0.15) is 11.8 Å². The van der Waals surface area contributed by atoms with Crippen LogP contribution in [0.15, 0.2) is 0 Å². The molecule has 3 N–H and O–H groups in total. The molecule has 14 heavy (non-hydrogen) atoms. The molecule has 0 aromatic carbocycles. The minimum Gasteiger partial charge on any atom is -0.353 e. The van der Waals surface area contributed by atoms with Gasteiger partial charge in [0.25, 0.3) is 0 Å². The molecule has 0 aromatic rings. The zero-order valence-corrected chi connectivity index (χ0v) is 9.61. The maximum absolute atomic E-state index is 11.5. The first-order valence-corrected chi connectivity index (χ1v) is 6.50. The van der Waals surface area contributed by atoms with E-state index in [1.54, 1.807) is 0 Å². The molecule has 1 heterocycles. The van der Waals surface area contributed by atoms with E-state index >= 15 is 0 Å². The molecule has 0 saturated carbocycles. The van der Waals surface area contributed by atoms with Gasteiger partial charge in [0.05, 0.1) is 0 Å². The number of nitrogens with one attached hydrogen (secondary N) is 1. The highest BCUT2D eigenvalue weighted by Crippen LogP contribution is 2.16. The lowest BCUT2D eigenvalue weighted by Gasteiger charge is -2.23. The zero-order valence-electron chi connectivity index (χ0n) is 8.79. The summed E-state index contributed by atoms with van der Waals surface area (Å²) in [6.07, 6.45) is 3.56. The lowest BCUT2D eigenvalue weighted by molar-refractivity contribution is -0.122. The standard InChI is InChI=1S/C10H20N2OS/c1-2-8(11)7-10(13)12-9-3-5-14-6-4-9/h8-9H,2-7,11H2,1H3,(H,12,13). The lowest BCUT2D eigenvalue weighted by atomic mass is 10.1. The van der Waals surface area contributed by atoms with Crippen LogP contribution < -0.4 is 11.1 Å². The molecule has 1 aliphatic rings. The number of carbonyl (C=O) groups excluding carboxylic acids is 1. The van der Waals surface area contributed by atoms with E-state index in [0.29, 0.717) is 12.5 Å². The molecule has 1 amide bonds. The Morgan fingerprint density at radius 3 is 2.79 bits per heavy atom. The molecular weight excluding hydrogens is 196 g/mol. The van der Waals surface area contributed by atoms with Gasteiger partial charge in [0, 0.05) is 18.5 Å². The summed E-state index contributed by atoms with van der Waals surface area (Å²) in [6.45, 7) is 2.01. The van der Waals surface area contributed by atoms with Gasteiger partial charge < -0.3 is 11.1 Å². The molecule has 0 radical (unpaired) electrons. The van der Waals surface area contributed by atoms with Crippen molar-refractivity contribution < 1.29 is 4.79 Å². The van der Waals surface area contributed by atoms with E-state index in [0.717, 1.165) is 19.3 Å². The van der Waals surface area contributed by atoms with E-state index in [2.05, 4.69) is 5.32 Å². The Hall–Kier alpha value is -0.220. The molecule has 82 valence electrons. The van der Waals surface area contributed by atoms with Crippen LogP contribution in [0.5, 0.6) is 0 Å². The Morgan fingerprint density at radius 2 is 2.21 bits per heavy atom. The van der Waals surface area contributed by atoms with Crippen LogP contribution in [0.3, 0.4) is 0 Å². The molecule has 4 heteroatoms. The first-order valence-electron chi connectivity index (χ1n) is 5.35. The summed E-state index contributed by atoms with van der Waals surface area (Å²) in [5, 5.41) is 3.05. The molecule has 1 fully saturated rings. The molecule has 1 saturated heterocycles. The summed E-state index contributed by atoms with van der Waals surface area (Å²) in [5.74, 6) is 2.46. The maximum Gasteiger partial charge on any atom is 0.221 e. The van der Waals surface area contributed by atoms with Gasteiger partial charge in [-0.3, -0.25) is 4.79 Å². The summed E-state index contributed by atoms with van der Waals surface area (Å²) in [4.78, 5) is 11.5. The maximum atomic E-state index is 11.5. The van der Waals surface area contributed by atoms with Crippen LogP contribution in [-0.2, 0) is 4.79 Å². The molecule has 0 aromatic heterocycles. The molecule has 1 unspecified atom stereocenters. The van der Waals surface area contributed by atoms with Crippen LogP contribution in [0.1, 0.15) is 32.6 Å². The van der Waals surface area contributed by atoms with Gasteiger partial charge in [-0.05, 0) is 30.8 Å². The number of hydrogen-bond donors (Lipinski definition) is 2. The van der Waals surface area contributed by atoms with Crippen LogP contribution in [-0.4, -0.2) is 29.5 Å². The Morgan fingerprint density at radius 1 is 1.57 bits per heavy atom. The highest BCUT2D eigenvalue weighted by molar-refractivity contribution is 7.99. The molecule has 1 rings (SSSR count). The second-order valence-electron chi connectivity index (χ2n) is 3.83. The summed E-state index contributed by atoms with van der Waals surface area (Å²) in [7, 11) is 0. The van der Waals surface area contributed by atoms with Crippen molar-refractivity contribution in [1.29, 1.82) is 0 Å². The van der Waals surface area contributed by atoms with E-state index < -0.39 is 0 Å². The fraction of sp³-hybridized carbons (Fsp3) is 0.900. The number of amides is 1. The molecule has 3 nitrogen and oxygen atoms in total. The monoisotopic (exact) mass is 216 g/mol. The molecule has 1 aliphatic heterocycles. The first-order chi connectivity index (χ1) is 6.72. The van der Waals surface area contributed by atoms with Crippen molar-refractivity contribution in [1.82, 2.24) is 5.32 Å². The number of thioether (sulfide) groups is 1. The number of nitrogens with two attached hydrogens (primary N) is 1. The molecule has 0 bridgehead atoms. The smallest absolute Gasteiger partial charge is 0.221 e. The van der Waals surface area contributed by atoms with Crippen molar-refractivity contribution in [2.45, 2.75) is 44.7 Å². The minimum absolute atomic E-state index is 0.0213. The zero-order chi connectivity index (χ0) is 10.4. The Bertz CT molecular complexity index is 181. The van der Waals surface area contributed by atoms with Gasteiger partial charge in [0.1, 0.15) is 0 Å². The van der Waals surface area contributed by atoms with Crippen LogP contribution in [0, 0.1) is 0 Å². The van der Waals surface area contributed by atoms with Gasteiger partial charge in [0.15, 0.2) is 0 Å². The molecule has 1 atom stereocenters. The van der Waals surface area contributed by atoms with Crippen LogP contribution in [0.2, 0.25) is 0 Å². The average Bonchev–Trinajstić information content (AvgIpc) is 2.19. The van der Waals surface area contributed by atoms with Crippen molar-refractivity contribution in [2.75, 3.05) is 11.5 Å². The highest BCUT2D eigenvalue weighted by Gasteiger charge is 2.16. The van der Waals surface area contributed by atoms with E-state index in [4.69, 9.17) is 5.73 Å². The summed E-state index contributed by atoms with van der Waals surface area (Å²) in [6, 6.07) is 0.417. The summed E-state index contributed by atoms with van der Waals surface area (Å²) in [5.41, 5.74) is 5.71. The Balaban J connectivity index is 2.18. The molecule has 0 aliphatic carbocycles. The van der Waals surface area contributed by atoms with Gasteiger partial charge in [0.2, 0.25) is 5.91 Å². The third-order valence-corrected chi connectivity index (χ3v) is 3.61. The normalized spacial score (nSPS) is 20.4. The largest absolute Gasteiger partial charge is 0.353 e. The van der Waals surface area contributed by atoms with Crippen molar-refractivity contribution in [3.05, 3.63) is 0 Å². The third kappa shape index (κ3) is 4.33. The minimum atomic E-state index is 0.0213. The van der Waals surface area contributed by atoms with Gasteiger partial charge in [-0.25, -0.2) is 0 Å². The molecular formula is C10H20N2OS. The lowest BCUT2D eigenvalue weighted by Crippen LogP contribution is -2.39. The van der Waals surface area contributed by atoms with E-state index in [1.165, 1.54) is 11.5 Å². The van der Waals surface area contributed by atoms with Crippen LogP contribution in [0.25, 0.3) is 0 Å². The first kappa shape index (κ1) is 11.9. The Labute approximate surface area is 90.2 Å². The average molecular weight is 216 g/mol. The van der Waals surface area contributed by atoms with E-state index in [1.807, 2.05) is 18.7 Å². The fourth-order valence-corrected chi connectivity index (χ4v) is 2.62. The van der Waals surface area contributed by atoms with Crippen LogP contribution >= 0.6 is 11.8 Å².